The Labute approximate surface area is 53.8 Å². The fourth-order valence-electron chi connectivity index (χ4n) is 0.531. The highest BCUT2D eigenvalue weighted by Gasteiger charge is 1.85. The molecule has 1 rings (SSSR count). The van der Waals surface area contributed by atoms with Gasteiger partial charge < -0.3 is 10.3 Å². The molecule has 0 saturated carbocycles. The van der Waals surface area contributed by atoms with Crippen LogP contribution >= 0.6 is 0 Å². The standard InChI is InChI=1S/C6H9N3/c1-2-3-7-6-8-4-5-9-6/h2,4-5H,1,3H2,(H2,7,8,9). The molecule has 48 valence electrons. The van der Waals surface area contributed by atoms with E-state index in [9.17, 15) is 0 Å². The molecule has 9 heavy (non-hydrogen) atoms. The highest BCUT2D eigenvalue weighted by molar-refractivity contribution is 5.23. The highest BCUT2D eigenvalue weighted by atomic mass is 15.1. The maximum absolute atomic E-state index is 3.94. The summed E-state index contributed by atoms with van der Waals surface area (Å²) in [4.78, 5) is 6.84. The number of aromatic amines is 1. The molecule has 2 N–H and O–H groups in total. The molecule has 0 bridgehead atoms. The van der Waals surface area contributed by atoms with Gasteiger partial charge in [0.1, 0.15) is 0 Å². The Bertz CT molecular complexity index is 166. The number of anilines is 1. The summed E-state index contributed by atoms with van der Waals surface area (Å²) in [6.45, 7) is 4.30. The fourth-order valence-corrected chi connectivity index (χ4v) is 0.531. The maximum atomic E-state index is 3.94. The van der Waals surface area contributed by atoms with Gasteiger partial charge in [0.25, 0.3) is 0 Å². The zero-order valence-corrected chi connectivity index (χ0v) is 5.09. The molecule has 0 saturated heterocycles. The first kappa shape index (κ1) is 5.88. The van der Waals surface area contributed by atoms with Gasteiger partial charge in [-0.3, -0.25) is 0 Å². The summed E-state index contributed by atoms with van der Waals surface area (Å²) in [7, 11) is 0. The van der Waals surface area contributed by atoms with Crippen LogP contribution in [0.1, 0.15) is 0 Å². The molecule has 1 aromatic rings. The van der Waals surface area contributed by atoms with Crippen molar-refractivity contribution in [3.8, 4) is 0 Å². The summed E-state index contributed by atoms with van der Waals surface area (Å²) in [5.41, 5.74) is 0. The summed E-state index contributed by atoms with van der Waals surface area (Å²) in [6.07, 6.45) is 5.25. The van der Waals surface area contributed by atoms with Crippen molar-refractivity contribution >= 4 is 5.95 Å². The molecule has 0 atom stereocenters. The number of hydrogen-bond donors (Lipinski definition) is 2. The van der Waals surface area contributed by atoms with Gasteiger partial charge in [0, 0.05) is 18.9 Å². The van der Waals surface area contributed by atoms with E-state index in [0.29, 0.717) is 0 Å². The molecule has 1 aromatic heterocycles. The lowest BCUT2D eigenvalue weighted by molar-refractivity contribution is 1.20. The first-order chi connectivity index (χ1) is 4.43. The van der Waals surface area contributed by atoms with Crippen molar-refractivity contribution in [2.75, 3.05) is 11.9 Å². The Morgan fingerprint density at radius 3 is 3.33 bits per heavy atom. The smallest absolute Gasteiger partial charge is 0.200 e. The lowest BCUT2D eigenvalue weighted by Crippen LogP contribution is -1.98. The van der Waals surface area contributed by atoms with Crippen molar-refractivity contribution in [2.45, 2.75) is 0 Å². The molecule has 0 aliphatic heterocycles. The molecular weight excluding hydrogens is 114 g/mol. The largest absolute Gasteiger partial charge is 0.352 e. The zero-order valence-electron chi connectivity index (χ0n) is 5.09. The molecule has 0 amide bonds. The van der Waals surface area contributed by atoms with Crippen LogP contribution in [0.25, 0.3) is 0 Å². The Balaban J connectivity index is 2.38. The van der Waals surface area contributed by atoms with E-state index < -0.39 is 0 Å². The van der Waals surface area contributed by atoms with E-state index in [4.69, 9.17) is 0 Å². The zero-order chi connectivity index (χ0) is 6.53. The number of nitrogens with zero attached hydrogens (tertiary/aromatic N) is 1. The maximum Gasteiger partial charge on any atom is 0.200 e. The number of nitrogens with one attached hydrogen (secondary N) is 2. The molecule has 0 aliphatic rings. The van der Waals surface area contributed by atoms with Gasteiger partial charge in [-0.2, -0.15) is 0 Å². The van der Waals surface area contributed by atoms with Crippen LogP contribution in [-0.2, 0) is 0 Å². The Kier molecular flexibility index (Phi) is 1.90. The summed E-state index contributed by atoms with van der Waals surface area (Å²) >= 11 is 0. The van der Waals surface area contributed by atoms with Crippen LogP contribution in [0, 0.1) is 0 Å². The molecule has 0 aliphatic carbocycles. The number of aromatic nitrogens is 2. The average Bonchev–Trinajstić information content (AvgIpc) is 2.34. The monoisotopic (exact) mass is 123 g/mol. The van der Waals surface area contributed by atoms with Gasteiger partial charge in [0.15, 0.2) is 5.95 Å². The second kappa shape index (κ2) is 2.91. The van der Waals surface area contributed by atoms with Gasteiger partial charge in [-0.1, -0.05) is 6.08 Å². The Morgan fingerprint density at radius 2 is 2.78 bits per heavy atom. The van der Waals surface area contributed by atoms with E-state index >= 15 is 0 Å². The van der Waals surface area contributed by atoms with Gasteiger partial charge in [-0.15, -0.1) is 6.58 Å². The summed E-state index contributed by atoms with van der Waals surface area (Å²) < 4.78 is 0. The van der Waals surface area contributed by atoms with Gasteiger partial charge in [-0.05, 0) is 0 Å². The minimum absolute atomic E-state index is 0.744. The van der Waals surface area contributed by atoms with Gasteiger partial charge in [0.2, 0.25) is 0 Å². The Morgan fingerprint density at radius 1 is 1.89 bits per heavy atom. The van der Waals surface area contributed by atoms with Gasteiger partial charge in [0.05, 0.1) is 0 Å². The second-order valence-electron chi connectivity index (χ2n) is 1.61. The van der Waals surface area contributed by atoms with E-state index in [-0.39, 0.29) is 0 Å². The lowest BCUT2D eigenvalue weighted by atomic mass is 10.6. The van der Waals surface area contributed by atoms with E-state index in [1.165, 1.54) is 0 Å². The van der Waals surface area contributed by atoms with Crippen LogP contribution in [0.3, 0.4) is 0 Å². The molecule has 0 fully saturated rings. The topological polar surface area (TPSA) is 40.7 Å². The Hall–Kier alpha value is -1.25. The van der Waals surface area contributed by atoms with Gasteiger partial charge in [-0.25, -0.2) is 4.98 Å². The number of imidazole rings is 1. The molecule has 0 radical (unpaired) electrons. The van der Waals surface area contributed by atoms with Gasteiger partial charge >= 0.3 is 0 Å². The predicted octanol–water partition coefficient (Wildman–Crippen LogP) is 1.01. The third-order valence-corrected chi connectivity index (χ3v) is 0.912. The van der Waals surface area contributed by atoms with Crippen molar-refractivity contribution in [3.63, 3.8) is 0 Å². The average molecular weight is 123 g/mol. The second-order valence-corrected chi connectivity index (χ2v) is 1.61. The van der Waals surface area contributed by atoms with Crippen LogP contribution in [0.5, 0.6) is 0 Å². The first-order valence-electron chi connectivity index (χ1n) is 2.77. The third kappa shape index (κ3) is 1.60. The van der Waals surface area contributed by atoms with E-state index in [0.717, 1.165) is 12.5 Å². The summed E-state index contributed by atoms with van der Waals surface area (Å²) in [5, 5.41) is 2.99. The molecule has 3 heteroatoms. The number of H-pyrrole nitrogens is 1. The number of rotatable bonds is 3. The van der Waals surface area contributed by atoms with E-state index in [2.05, 4.69) is 21.9 Å². The molecule has 0 spiro atoms. The first-order valence-corrected chi connectivity index (χ1v) is 2.77. The minimum atomic E-state index is 0.744. The van der Waals surface area contributed by atoms with E-state index in [1.807, 2.05) is 0 Å². The van der Waals surface area contributed by atoms with Crippen molar-refractivity contribution in [2.24, 2.45) is 0 Å². The van der Waals surface area contributed by atoms with Crippen molar-refractivity contribution in [3.05, 3.63) is 25.0 Å². The third-order valence-electron chi connectivity index (χ3n) is 0.912. The van der Waals surface area contributed by atoms with Crippen molar-refractivity contribution < 1.29 is 0 Å². The van der Waals surface area contributed by atoms with Crippen LogP contribution in [0.2, 0.25) is 0 Å². The van der Waals surface area contributed by atoms with Crippen molar-refractivity contribution in [1.29, 1.82) is 0 Å². The molecule has 0 unspecified atom stereocenters. The highest BCUT2D eigenvalue weighted by Crippen LogP contribution is 1.92. The van der Waals surface area contributed by atoms with Crippen LogP contribution in [0.4, 0.5) is 5.95 Å². The molecule has 0 aromatic carbocycles. The van der Waals surface area contributed by atoms with Crippen molar-refractivity contribution in [1.82, 2.24) is 9.97 Å². The lowest BCUT2D eigenvalue weighted by Gasteiger charge is -1.93. The molecular formula is C6H9N3. The summed E-state index contributed by atoms with van der Waals surface area (Å²) in [6, 6.07) is 0. The fraction of sp³-hybridized carbons (Fsp3) is 0.167. The number of hydrogen-bond acceptors (Lipinski definition) is 2. The summed E-state index contributed by atoms with van der Waals surface area (Å²) in [5.74, 6) is 0.787. The molecule has 1 heterocycles. The SMILES string of the molecule is C=CCNc1ncc[nH]1. The quantitative estimate of drug-likeness (QED) is 0.589. The van der Waals surface area contributed by atoms with Crippen LogP contribution in [0.15, 0.2) is 25.0 Å². The normalized spacial score (nSPS) is 8.89. The van der Waals surface area contributed by atoms with Crippen LogP contribution in [-0.4, -0.2) is 16.5 Å². The van der Waals surface area contributed by atoms with Crippen LogP contribution < -0.4 is 5.32 Å². The van der Waals surface area contributed by atoms with E-state index in [1.54, 1.807) is 18.5 Å². The predicted molar refractivity (Wildman–Crippen MR) is 37.3 cm³/mol. The minimum Gasteiger partial charge on any atom is -0.352 e. The molecule has 3 nitrogen and oxygen atoms in total.